The molecule has 0 fully saturated rings. The number of nitrogens with zero attached hydrogens (tertiary/aromatic N) is 2. The Morgan fingerprint density at radius 3 is 2.77 bits per heavy atom. The van der Waals surface area contributed by atoms with Crippen LogP contribution >= 0.6 is 0 Å². The van der Waals surface area contributed by atoms with Crippen LogP contribution in [0, 0.1) is 17.1 Å². The summed E-state index contributed by atoms with van der Waals surface area (Å²) in [5.41, 5.74) is 2.39. The number of H-pyrrole nitrogens is 1. The summed E-state index contributed by atoms with van der Waals surface area (Å²) in [4.78, 5) is 7.42. The molecule has 0 saturated carbocycles. The zero-order chi connectivity index (χ0) is 20.9. The summed E-state index contributed by atoms with van der Waals surface area (Å²) < 4.78 is 25.3. The van der Waals surface area contributed by atoms with Gasteiger partial charge in [-0.25, -0.2) is 9.37 Å². The molecule has 30 heavy (non-hydrogen) atoms. The lowest BCUT2D eigenvalue weighted by Gasteiger charge is -2.11. The van der Waals surface area contributed by atoms with E-state index in [1.807, 2.05) is 43.5 Å². The number of benzene rings is 2. The van der Waals surface area contributed by atoms with E-state index in [9.17, 15) is 9.65 Å². The van der Waals surface area contributed by atoms with E-state index in [0.29, 0.717) is 29.5 Å². The van der Waals surface area contributed by atoms with Crippen LogP contribution < -0.4 is 14.8 Å². The van der Waals surface area contributed by atoms with Crippen LogP contribution in [0.25, 0.3) is 10.9 Å². The van der Waals surface area contributed by atoms with Crippen molar-refractivity contribution in [3.8, 4) is 17.6 Å². The van der Waals surface area contributed by atoms with Gasteiger partial charge in [0.25, 0.3) is 0 Å². The van der Waals surface area contributed by atoms with Crippen molar-refractivity contribution in [2.45, 2.75) is 13.5 Å². The molecule has 7 heteroatoms. The van der Waals surface area contributed by atoms with Gasteiger partial charge in [0, 0.05) is 41.2 Å². The van der Waals surface area contributed by atoms with Crippen LogP contribution in [0.2, 0.25) is 0 Å². The van der Waals surface area contributed by atoms with Crippen LogP contribution in [-0.2, 0) is 6.61 Å². The van der Waals surface area contributed by atoms with E-state index in [-0.39, 0.29) is 12.3 Å². The zero-order valence-corrected chi connectivity index (χ0v) is 16.3. The number of nitrogens with one attached hydrogen (secondary N) is 2. The minimum absolute atomic E-state index is 0.0149. The zero-order valence-electron chi connectivity index (χ0n) is 16.3. The van der Waals surface area contributed by atoms with Gasteiger partial charge in [0.2, 0.25) is 0 Å². The van der Waals surface area contributed by atoms with E-state index in [0.717, 1.165) is 16.6 Å². The third-order valence-corrected chi connectivity index (χ3v) is 4.47. The average Bonchev–Trinajstić information content (AvgIpc) is 3.21. The molecular weight excluding hydrogens is 383 g/mol. The van der Waals surface area contributed by atoms with Crippen molar-refractivity contribution in [1.29, 1.82) is 5.26 Å². The molecule has 0 spiro atoms. The first-order chi connectivity index (χ1) is 14.6. The molecular formula is C23H19FN4O2. The molecule has 4 rings (SSSR count). The highest BCUT2D eigenvalue weighted by molar-refractivity contribution is 5.83. The Morgan fingerprint density at radius 1 is 1.07 bits per heavy atom. The van der Waals surface area contributed by atoms with Crippen LogP contribution in [0.5, 0.6) is 11.5 Å². The summed E-state index contributed by atoms with van der Waals surface area (Å²) >= 11 is 0. The maximum atomic E-state index is 14.2. The number of hydrogen-bond donors (Lipinski definition) is 2. The van der Waals surface area contributed by atoms with E-state index in [4.69, 9.17) is 9.47 Å². The van der Waals surface area contributed by atoms with Gasteiger partial charge in [0.1, 0.15) is 41.5 Å². The Bertz CT molecular complexity index is 1230. The summed E-state index contributed by atoms with van der Waals surface area (Å²) in [6.07, 6.45) is 1.87. The Labute approximate surface area is 172 Å². The molecule has 0 aliphatic heterocycles. The fraction of sp³-hybridized carbons (Fsp3) is 0.130. The summed E-state index contributed by atoms with van der Waals surface area (Å²) in [5, 5.41) is 13.6. The van der Waals surface area contributed by atoms with E-state index in [1.165, 1.54) is 12.1 Å². The van der Waals surface area contributed by atoms with Gasteiger partial charge in [0.05, 0.1) is 6.61 Å². The predicted molar refractivity (Wildman–Crippen MR) is 112 cm³/mol. The van der Waals surface area contributed by atoms with Crippen LogP contribution in [0.15, 0.2) is 60.8 Å². The first-order valence-electron chi connectivity index (χ1n) is 9.45. The van der Waals surface area contributed by atoms with E-state index in [1.54, 1.807) is 18.2 Å². The number of pyridine rings is 1. The van der Waals surface area contributed by atoms with Gasteiger partial charge in [0.15, 0.2) is 0 Å². The minimum atomic E-state index is -0.409. The molecule has 0 unspecified atom stereocenters. The van der Waals surface area contributed by atoms with E-state index < -0.39 is 5.82 Å². The molecule has 0 saturated heterocycles. The van der Waals surface area contributed by atoms with Crippen molar-refractivity contribution in [3.63, 3.8) is 0 Å². The van der Waals surface area contributed by atoms with Gasteiger partial charge in [-0.15, -0.1) is 0 Å². The smallest absolute Gasteiger partial charge is 0.146 e. The number of aromatic amines is 1. The van der Waals surface area contributed by atoms with Crippen molar-refractivity contribution < 1.29 is 13.9 Å². The summed E-state index contributed by atoms with van der Waals surface area (Å²) in [7, 11) is 0. The van der Waals surface area contributed by atoms with E-state index in [2.05, 4.69) is 15.3 Å². The SMILES string of the molecule is CCOc1ccc(COc2cc(C#N)nc(Nc3ccc4cc[nH]c4c3)c2)c(F)c1. The first kappa shape index (κ1) is 19.3. The number of fused-ring (bicyclic) bond motifs is 1. The molecule has 150 valence electrons. The molecule has 0 aliphatic carbocycles. The number of anilines is 2. The standard InChI is InChI=1S/C23H19FN4O2/c1-2-29-19-6-4-16(21(24)11-19)14-30-20-9-18(13-25)28-23(12-20)27-17-5-3-15-7-8-26-22(15)10-17/h3-12,26H,2,14H2,1H3,(H,27,28). The van der Waals surface area contributed by atoms with Gasteiger partial charge in [-0.2, -0.15) is 5.26 Å². The van der Waals surface area contributed by atoms with Crippen molar-refractivity contribution in [3.05, 3.63) is 77.9 Å². The minimum Gasteiger partial charge on any atom is -0.494 e. The lowest BCUT2D eigenvalue weighted by Crippen LogP contribution is -2.02. The topological polar surface area (TPSA) is 83.0 Å². The van der Waals surface area contributed by atoms with Crippen molar-refractivity contribution >= 4 is 22.4 Å². The van der Waals surface area contributed by atoms with Crippen molar-refractivity contribution in [2.24, 2.45) is 0 Å². The van der Waals surface area contributed by atoms with Gasteiger partial charge in [-0.3, -0.25) is 0 Å². The molecule has 2 aromatic heterocycles. The number of halogens is 1. The Morgan fingerprint density at radius 2 is 1.97 bits per heavy atom. The second-order valence-corrected chi connectivity index (χ2v) is 6.56. The van der Waals surface area contributed by atoms with Gasteiger partial charge in [-0.05, 0) is 42.6 Å². The predicted octanol–water partition coefficient (Wildman–Crippen LogP) is 5.29. The second kappa shape index (κ2) is 8.53. The number of hydrogen-bond acceptors (Lipinski definition) is 5. The molecule has 2 aromatic carbocycles. The third-order valence-electron chi connectivity index (χ3n) is 4.47. The Kier molecular flexibility index (Phi) is 5.48. The molecule has 0 radical (unpaired) electrons. The van der Waals surface area contributed by atoms with Gasteiger partial charge < -0.3 is 19.8 Å². The third kappa shape index (κ3) is 4.33. The van der Waals surface area contributed by atoms with Crippen molar-refractivity contribution in [1.82, 2.24) is 9.97 Å². The van der Waals surface area contributed by atoms with Crippen LogP contribution in [0.3, 0.4) is 0 Å². The highest BCUT2D eigenvalue weighted by Gasteiger charge is 2.09. The molecule has 0 bridgehead atoms. The Hall–Kier alpha value is -4.05. The average molecular weight is 402 g/mol. The fourth-order valence-electron chi connectivity index (χ4n) is 3.05. The van der Waals surface area contributed by atoms with Crippen LogP contribution in [0.4, 0.5) is 15.9 Å². The maximum absolute atomic E-state index is 14.2. The van der Waals surface area contributed by atoms with Gasteiger partial charge in [-0.1, -0.05) is 6.07 Å². The lowest BCUT2D eigenvalue weighted by atomic mass is 10.2. The summed E-state index contributed by atoms with van der Waals surface area (Å²) in [6.45, 7) is 2.32. The number of ether oxygens (including phenoxy) is 2. The maximum Gasteiger partial charge on any atom is 0.146 e. The molecule has 0 atom stereocenters. The highest BCUT2D eigenvalue weighted by Crippen LogP contribution is 2.25. The normalized spacial score (nSPS) is 10.6. The molecule has 0 aliphatic rings. The largest absolute Gasteiger partial charge is 0.494 e. The highest BCUT2D eigenvalue weighted by atomic mass is 19.1. The second-order valence-electron chi connectivity index (χ2n) is 6.56. The summed E-state index contributed by atoms with van der Waals surface area (Å²) in [6, 6.07) is 17.7. The number of nitriles is 1. The quantitative estimate of drug-likeness (QED) is 0.439. The first-order valence-corrected chi connectivity index (χ1v) is 9.45. The van der Waals surface area contributed by atoms with E-state index >= 15 is 0 Å². The lowest BCUT2D eigenvalue weighted by molar-refractivity contribution is 0.298. The molecule has 4 aromatic rings. The molecule has 0 amide bonds. The summed E-state index contributed by atoms with van der Waals surface area (Å²) in [5.74, 6) is 0.938. The molecule has 2 heterocycles. The van der Waals surface area contributed by atoms with Crippen LogP contribution in [0.1, 0.15) is 18.2 Å². The monoisotopic (exact) mass is 402 g/mol. The molecule has 6 nitrogen and oxygen atoms in total. The number of rotatable bonds is 7. The van der Waals surface area contributed by atoms with Crippen molar-refractivity contribution in [2.75, 3.05) is 11.9 Å². The Balaban J connectivity index is 1.52. The number of aromatic nitrogens is 2. The van der Waals surface area contributed by atoms with Gasteiger partial charge >= 0.3 is 0 Å². The van der Waals surface area contributed by atoms with Crippen LogP contribution in [-0.4, -0.2) is 16.6 Å². The molecule has 2 N–H and O–H groups in total. The fourth-order valence-corrected chi connectivity index (χ4v) is 3.05.